The molecule has 0 aromatic heterocycles. The van der Waals surface area contributed by atoms with Gasteiger partial charge in [0.05, 0.1) is 35.2 Å². The van der Waals surface area contributed by atoms with E-state index in [0.717, 1.165) is 18.3 Å². The molecule has 1 aliphatic heterocycles. The van der Waals surface area contributed by atoms with E-state index >= 15 is 0 Å². The van der Waals surface area contributed by atoms with Crippen molar-refractivity contribution in [3.8, 4) is 0 Å². The Balaban J connectivity index is 1.40. The van der Waals surface area contributed by atoms with Gasteiger partial charge in [-0.1, -0.05) is 46.3 Å². The molecule has 1 heterocycles. The number of rotatable bonds is 4. The van der Waals surface area contributed by atoms with Gasteiger partial charge in [0.15, 0.2) is 0 Å². The molecule has 0 aromatic rings. The fraction of sp³-hybridized carbons (Fsp3) is 0.889. The van der Waals surface area contributed by atoms with Crippen LogP contribution in [0.4, 0.5) is 0 Å². The average Bonchev–Trinajstić information content (AvgIpc) is 3.02. The number of aliphatic hydroxyl groups excluding tert-OH is 6. The average molecular weight is 665 g/mol. The Morgan fingerprint density at radius 2 is 1.64 bits per heavy atom. The van der Waals surface area contributed by atoms with Crippen LogP contribution in [0.15, 0.2) is 11.6 Å². The molecule has 266 valence electrons. The Kier molecular flexibility index (Phi) is 8.50. The van der Waals surface area contributed by atoms with Gasteiger partial charge in [-0.05, 0) is 92.3 Å². The van der Waals surface area contributed by atoms with Gasteiger partial charge in [0.2, 0.25) is 6.29 Å². The van der Waals surface area contributed by atoms with E-state index in [0.29, 0.717) is 44.9 Å². The van der Waals surface area contributed by atoms with Crippen LogP contribution < -0.4 is 0 Å². The molecule has 47 heavy (non-hydrogen) atoms. The predicted molar refractivity (Wildman–Crippen MR) is 168 cm³/mol. The molecule has 6 rings (SSSR count). The summed E-state index contributed by atoms with van der Waals surface area (Å²) in [5, 5.41) is 75.5. The molecule has 5 aliphatic carbocycles. The largest absolute Gasteiger partial charge is 0.432 e. The molecule has 4 saturated carbocycles. The van der Waals surface area contributed by atoms with Crippen LogP contribution >= 0.6 is 0 Å². The van der Waals surface area contributed by atoms with Gasteiger partial charge in [-0.2, -0.15) is 0 Å². The third kappa shape index (κ3) is 4.52. The normalized spacial score (nSPS) is 57.4. The SMILES string of the molecule is C[C@@H]1CC[C@]2(C(=O)O[C@H]3O[C@@H](CO)[C@@H](O)[C@H](O)[C@@H]3O)CC[C@]3(C)C(=CC[C@@H]4[C@@]5(C)C[C@@H](O)[C@H](O)[C@@](C)(C=O)[C@H]5CC[C@]43C)[C@@H]2[C@]1(C)O. The van der Waals surface area contributed by atoms with Gasteiger partial charge < -0.3 is 50.0 Å². The zero-order valence-electron chi connectivity index (χ0n) is 28.6. The summed E-state index contributed by atoms with van der Waals surface area (Å²) in [5.41, 5.74) is -3.68. The highest BCUT2D eigenvalue weighted by molar-refractivity contribution is 5.79. The Bertz CT molecular complexity index is 1300. The summed E-state index contributed by atoms with van der Waals surface area (Å²) in [7, 11) is 0. The molecule has 0 spiro atoms. The van der Waals surface area contributed by atoms with Gasteiger partial charge in [-0.25, -0.2) is 0 Å². The van der Waals surface area contributed by atoms with E-state index in [9.17, 15) is 45.3 Å². The van der Waals surface area contributed by atoms with E-state index in [-0.39, 0.29) is 23.2 Å². The van der Waals surface area contributed by atoms with Gasteiger partial charge in [0.1, 0.15) is 30.7 Å². The summed E-state index contributed by atoms with van der Waals surface area (Å²) in [6.07, 6.45) is -2.41. The summed E-state index contributed by atoms with van der Waals surface area (Å²) < 4.78 is 11.4. The maximum Gasteiger partial charge on any atom is 0.315 e. The lowest BCUT2D eigenvalue weighted by Gasteiger charge is -2.71. The maximum absolute atomic E-state index is 14.5. The second kappa shape index (κ2) is 11.3. The molecular weight excluding hydrogens is 608 g/mol. The molecule has 0 bridgehead atoms. The summed E-state index contributed by atoms with van der Waals surface area (Å²) in [4.78, 5) is 27.0. The van der Waals surface area contributed by atoms with Crippen molar-refractivity contribution in [2.45, 2.75) is 141 Å². The highest BCUT2D eigenvalue weighted by Crippen LogP contribution is 2.76. The van der Waals surface area contributed by atoms with Crippen LogP contribution in [-0.2, 0) is 19.1 Å². The number of carbonyl (C=O) groups is 2. The number of aliphatic hydroxyl groups is 7. The smallest absolute Gasteiger partial charge is 0.315 e. The topological polar surface area (TPSA) is 194 Å². The summed E-state index contributed by atoms with van der Waals surface area (Å²) in [6, 6.07) is 0. The van der Waals surface area contributed by atoms with Gasteiger partial charge in [-0.3, -0.25) is 4.79 Å². The van der Waals surface area contributed by atoms with Crippen molar-refractivity contribution in [3.05, 3.63) is 11.6 Å². The monoisotopic (exact) mass is 664 g/mol. The first-order chi connectivity index (χ1) is 21.8. The van der Waals surface area contributed by atoms with Gasteiger partial charge >= 0.3 is 5.97 Å². The van der Waals surface area contributed by atoms with Gasteiger partial charge in [-0.15, -0.1) is 0 Å². The predicted octanol–water partition coefficient (Wildman–Crippen LogP) is 1.61. The minimum absolute atomic E-state index is 0.0726. The number of aldehydes is 1. The van der Waals surface area contributed by atoms with Crippen LogP contribution in [0.3, 0.4) is 0 Å². The number of ether oxygens (including phenoxy) is 2. The molecule has 7 N–H and O–H groups in total. The number of esters is 1. The van der Waals surface area contributed by atoms with Crippen molar-refractivity contribution in [1.29, 1.82) is 0 Å². The Morgan fingerprint density at radius 3 is 2.28 bits per heavy atom. The van der Waals surface area contributed by atoms with E-state index < -0.39 is 88.7 Å². The Hall–Kier alpha value is -1.44. The van der Waals surface area contributed by atoms with Crippen molar-refractivity contribution in [2.24, 2.45) is 50.7 Å². The van der Waals surface area contributed by atoms with Gasteiger partial charge in [0, 0.05) is 5.92 Å². The third-order valence-corrected chi connectivity index (χ3v) is 15.5. The van der Waals surface area contributed by atoms with E-state index in [2.05, 4.69) is 26.8 Å². The third-order valence-electron chi connectivity index (χ3n) is 15.5. The van der Waals surface area contributed by atoms with E-state index in [1.165, 1.54) is 0 Å². The quantitative estimate of drug-likeness (QED) is 0.131. The molecule has 5 fully saturated rings. The summed E-state index contributed by atoms with van der Waals surface area (Å²) in [6.45, 7) is 11.6. The zero-order valence-corrected chi connectivity index (χ0v) is 28.6. The number of allylic oxidation sites excluding steroid dienone is 1. The molecule has 11 nitrogen and oxygen atoms in total. The van der Waals surface area contributed by atoms with Crippen molar-refractivity contribution in [1.82, 2.24) is 0 Å². The van der Waals surface area contributed by atoms with E-state index in [1.807, 2.05) is 6.92 Å². The first kappa shape index (κ1) is 35.4. The molecule has 6 aliphatic rings. The molecule has 1 saturated heterocycles. The molecule has 0 radical (unpaired) electrons. The number of hydrogen-bond donors (Lipinski definition) is 7. The zero-order chi connectivity index (χ0) is 34.7. The first-order valence-corrected chi connectivity index (χ1v) is 17.6. The number of carbonyl (C=O) groups excluding carboxylic acids is 2. The van der Waals surface area contributed by atoms with Crippen LogP contribution in [0.2, 0.25) is 0 Å². The lowest BCUT2D eigenvalue weighted by molar-refractivity contribution is -0.299. The van der Waals surface area contributed by atoms with Crippen molar-refractivity contribution >= 4 is 12.3 Å². The van der Waals surface area contributed by atoms with E-state index in [4.69, 9.17) is 9.47 Å². The summed E-state index contributed by atoms with van der Waals surface area (Å²) in [5.74, 6) is -1.43. The number of hydrogen-bond acceptors (Lipinski definition) is 11. The molecular formula is C36H56O11. The van der Waals surface area contributed by atoms with Crippen LogP contribution in [0.25, 0.3) is 0 Å². The van der Waals surface area contributed by atoms with Crippen LogP contribution in [0.5, 0.6) is 0 Å². The van der Waals surface area contributed by atoms with Crippen LogP contribution in [0, 0.1) is 50.7 Å². The fourth-order valence-electron chi connectivity index (χ4n) is 12.2. The molecule has 0 unspecified atom stereocenters. The first-order valence-electron chi connectivity index (χ1n) is 17.6. The number of fused-ring (bicyclic) bond motifs is 7. The minimum atomic E-state index is -1.73. The second-order valence-electron chi connectivity index (χ2n) is 17.4. The lowest BCUT2D eigenvalue weighted by atomic mass is 9.33. The van der Waals surface area contributed by atoms with Crippen LogP contribution in [0.1, 0.15) is 92.9 Å². The van der Waals surface area contributed by atoms with Crippen LogP contribution in [-0.4, -0.2) is 103 Å². The maximum atomic E-state index is 14.5. The van der Waals surface area contributed by atoms with Crippen molar-refractivity contribution < 1.29 is 54.8 Å². The second-order valence-corrected chi connectivity index (χ2v) is 17.4. The highest BCUT2D eigenvalue weighted by atomic mass is 16.7. The lowest BCUT2D eigenvalue weighted by Crippen LogP contribution is -2.69. The molecule has 11 heteroatoms. The molecule has 0 aromatic carbocycles. The Labute approximate surface area is 277 Å². The molecule has 0 amide bonds. The Morgan fingerprint density at radius 1 is 0.957 bits per heavy atom. The van der Waals surface area contributed by atoms with Crippen molar-refractivity contribution in [3.63, 3.8) is 0 Å². The highest BCUT2D eigenvalue weighted by Gasteiger charge is 2.72. The van der Waals surface area contributed by atoms with E-state index in [1.54, 1.807) is 13.8 Å². The van der Waals surface area contributed by atoms with Crippen molar-refractivity contribution in [2.75, 3.05) is 6.61 Å². The fourth-order valence-corrected chi connectivity index (χ4v) is 12.2. The minimum Gasteiger partial charge on any atom is -0.432 e. The summed E-state index contributed by atoms with van der Waals surface area (Å²) >= 11 is 0. The van der Waals surface area contributed by atoms with Gasteiger partial charge in [0.25, 0.3) is 0 Å². The molecule has 17 atom stereocenters. The standard InChI is InChI=1S/C36H56O11/c1-18-9-12-36(30(44)47-29-26(42)25(41)24(40)21(16-37)46-29)14-13-33(4)19(27(36)35(18,6)45)7-8-23-31(2)15-20(39)28(43)32(3,17-38)22(31)10-11-34(23,33)5/h7,17-18,20-29,37,39-43,45H,8-16H2,1-6H3/t18-,20-,21+,22+,23-,24-,25+,26+,27-,28+,29-,31+,32+,33-,34-,35-,36+/m1/s1.